The van der Waals surface area contributed by atoms with Crippen LogP contribution in [0.25, 0.3) is 0 Å². The van der Waals surface area contributed by atoms with Gasteiger partial charge in [0.05, 0.1) is 5.92 Å². The first-order valence-electron chi connectivity index (χ1n) is 8.29. The highest BCUT2D eigenvalue weighted by Gasteiger charge is 2.29. The first-order valence-corrected chi connectivity index (χ1v) is 8.29. The number of hydrogen-bond donors (Lipinski definition) is 2. The molecule has 1 fully saturated rings. The molecule has 3 atom stereocenters. The van der Waals surface area contributed by atoms with E-state index < -0.39 is 5.97 Å². The third-order valence-corrected chi connectivity index (χ3v) is 4.49. The van der Waals surface area contributed by atoms with Crippen LogP contribution in [0.2, 0.25) is 0 Å². The van der Waals surface area contributed by atoms with Gasteiger partial charge in [0, 0.05) is 18.6 Å². The van der Waals surface area contributed by atoms with Crippen LogP contribution in [-0.2, 0) is 4.79 Å². The van der Waals surface area contributed by atoms with Crippen molar-refractivity contribution >= 4 is 12.0 Å². The molecule has 1 saturated carbocycles. The maximum atomic E-state index is 12.5. The molecule has 122 valence electrons. The quantitative estimate of drug-likeness (QED) is 0.758. The molecule has 0 aromatic carbocycles. The molecule has 2 N–H and O–H groups in total. The Morgan fingerprint density at radius 1 is 1.33 bits per heavy atom. The standard InChI is InChI=1S/C16H30N2O3/c1-4-6-10-18(12(3)5-2)16(21)17-14-9-7-8-13(11-14)15(19)20/h12-14H,4-11H2,1-3H3,(H,17,21)(H,19,20). The van der Waals surface area contributed by atoms with E-state index >= 15 is 0 Å². The number of carboxylic acid groups (broad SMARTS) is 1. The summed E-state index contributed by atoms with van der Waals surface area (Å²) in [6.07, 6.45) is 6.04. The van der Waals surface area contributed by atoms with E-state index in [4.69, 9.17) is 5.11 Å². The first kappa shape index (κ1) is 17.8. The van der Waals surface area contributed by atoms with Crippen LogP contribution in [-0.4, -0.2) is 40.6 Å². The molecule has 5 nitrogen and oxygen atoms in total. The van der Waals surface area contributed by atoms with Gasteiger partial charge in [0.1, 0.15) is 0 Å². The predicted octanol–water partition coefficient (Wildman–Crippen LogP) is 3.24. The SMILES string of the molecule is CCCCN(C(=O)NC1CCCC(C(=O)O)C1)C(C)CC. The molecule has 0 heterocycles. The highest BCUT2D eigenvalue weighted by atomic mass is 16.4. The van der Waals surface area contributed by atoms with Crippen molar-refractivity contribution in [3.8, 4) is 0 Å². The first-order chi connectivity index (χ1) is 9.99. The number of nitrogens with one attached hydrogen (secondary N) is 1. The maximum absolute atomic E-state index is 12.5. The van der Waals surface area contributed by atoms with E-state index in [0.717, 1.165) is 45.1 Å². The Kier molecular flexibility index (Phi) is 7.54. The van der Waals surface area contributed by atoms with Crippen molar-refractivity contribution in [3.63, 3.8) is 0 Å². The summed E-state index contributed by atoms with van der Waals surface area (Å²) in [6.45, 7) is 7.03. The average Bonchev–Trinajstić information content (AvgIpc) is 2.47. The monoisotopic (exact) mass is 298 g/mol. The number of carbonyl (C=O) groups is 2. The number of aliphatic carboxylic acids is 1. The molecule has 21 heavy (non-hydrogen) atoms. The van der Waals surface area contributed by atoms with E-state index in [1.807, 2.05) is 4.90 Å². The highest BCUT2D eigenvalue weighted by molar-refractivity contribution is 5.75. The van der Waals surface area contributed by atoms with Gasteiger partial charge in [-0.05, 0) is 39.0 Å². The van der Waals surface area contributed by atoms with Crippen molar-refractivity contribution in [2.45, 2.75) is 77.8 Å². The van der Waals surface area contributed by atoms with Crippen LogP contribution < -0.4 is 5.32 Å². The molecule has 1 rings (SSSR count). The minimum Gasteiger partial charge on any atom is -0.481 e. The lowest BCUT2D eigenvalue weighted by molar-refractivity contribution is -0.143. The zero-order valence-electron chi connectivity index (χ0n) is 13.6. The molecule has 0 saturated heterocycles. The lowest BCUT2D eigenvalue weighted by Gasteiger charge is -2.33. The number of carbonyl (C=O) groups excluding carboxylic acids is 1. The zero-order chi connectivity index (χ0) is 15.8. The van der Waals surface area contributed by atoms with Gasteiger partial charge in [-0.1, -0.05) is 26.7 Å². The van der Waals surface area contributed by atoms with Gasteiger partial charge in [-0.3, -0.25) is 4.79 Å². The van der Waals surface area contributed by atoms with E-state index in [2.05, 4.69) is 26.1 Å². The number of amides is 2. The number of carboxylic acids is 1. The summed E-state index contributed by atoms with van der Waals surface area (Å²) < 4.78 is 0. The molecule has 1 aliphatic carbocycles. The van der Waals surface area contributed by atoms with E-state index in [-0.39, 0.29) is 24.0 Å². The third kappa shape index (κ3) is 5.56. The minimum atomic E-state index is -0.737. The van der Waals surface area contributed by atoms with Crippen molar-refractivity contribution in [1.29, 1.82) is 0 Å². The molecule has 1 aliphatic rings. The van der Waals surface area contributed by atoms with Crippen LogP contribution in [0.3, 0.4) is 0 Å². The summed E-state index contributed by atoms with van der Waals surface area (Å²) in [6, 6.07) is 0.185. The van der Waals surface area contributed by atoms with Gasteiger partial charge in [-0.2, -0.15) is 0 Å². The molecule has 0 aromatic heterocycles. The molecular weight excluding hydrogens is 268 g/mol. The van der Waals surface area contributed by atoms with E-state index in [0.29, 0.717) is 6.42 Å². The number of rotatable bonds is 7. The fourth-order valence-corrected chi connectivity index (χ4v) is 2.87. The minimum absolute atomic E-state index is 0.000493. The topological polar surface area (TPSA) is 69.6 Å². The molecule has 0 spiro atoms. The van der Waals surface area contributed by atoms with Crippen LogP contribution in [0, 0.1) is 5.92 Å². The Labute approximate surface area is 128 Å². The number of urea groups is 1. The molecule has 3 unspecified atom stereocenters. The van der Waals surface area contributed by atoms with E-state index in [9.17, 15) is 9.59 Å². The molecular formula is C16H30N2O3. The number of nitrogens with zero attached hydrogens (tertiary/aromatic N) is 1. The van der Waals surface area contributed by atoms with E-state index in [1.165, 1.54) is 0 Å². The van der Waals surface area contributed by atoms with Gasteiger partial charge >= 0.3 is 12.0 Å². The van der Waals surface area contributed by atoms with Crippen LogP contribution in [0.4, 0.5) is 4.79 Å². The molecule has 5 heteroatoms. The Morgan fingerprint density at radius 2 is 2.05 bits per heavy atom. The van der Waals surface area contributed by atoms with Gasteiger partial charge in [-0.15, -0.1) is 0 Å². The van der Waals surface area contributed by atoms with E-state index in [1.54, 1.807) is 0 Å². The van der Waals surface area contributed by atoms with Crippen molar-refractivity contribution in [2.75, 3.05) is 6.54 Å². The lowest BCUT2D eigenvalue weighted by Crippen LogP contribution is -2.50. The van der Waals surface area contributed by atoms with Crippen molar-refractivity contribution in [1.82, 2.24) is 10.2 Å². The van der Waals surface area contributed by atoms with Crippen LogP contribution >= 0.6 is 0 Å². The van der Waals surface area contributed by atoms with Gasteiger partial charge in [-0.25, -0.2) is 4.79 Å². The van der Waals surface area contributed by atoms with Crippen molar-refractivity contribution in [2.24, 2.45) is 5.92 Å². The zero-order valence-corrected chi connectivity index (χ0v) is 13.6. The average molecular weight is 298 g/mol. The largest absolute Gasteiger partial charge is 0.481 e. The van der Waals surface area contributed by atoms with Gasteiger partial charge < -0.3 is 15.3 Å². The Balaban J connectivity index is 2.57. The second-order valence-corrected chi connectivity index (χ2v) is 6.15. The van der Waals surface area contributed by atoms with Crippen molar-refractivity contribution in [3.05, 3.63) is 0 Å². The Bertz CT molecular complexity index is 346. The summed E-state index contributed by atoms with van der Waals surface area (Å²) in [5.74, 6) is -1.05. The summed E-state index contributed by atoms with van der Waals surface area (Å²) in [5, 5.41) is 12.2. The van der Waals surface area contributed by atoms with Gasteiger partial charge in [0.25, 0.3) is 0 Å². The number of unbranched alkanes of at least 4 members (excludes halogenated alkanes) is 1. The molecule has 0 bridgehead atoms. The van der Waals surface area contributed by atoms with Gasteiger partial charge in [0.15, 0.2) is 0 Å². The summed E-state index contributed by atoms with van der Waals surface area (Å²) in [7, 11) is 0. The second-order valence-electron chi connectivity index (χ2n) is 6.15. The summed E-state index contributed by atoms with van der Waals surface area (Å²) >= 11 is 0. The molecule has 0 aliphatic heterocycles. The second kappa shape index (κ2) is 8.90. The Hall–Kier alpha value is -1.26. The molecule has 0 radical (unpaired) electrons. The summed E-state index contributed by atoms with van der Waals surface area (Å²) in [4.78, 5) is 25.5. The maximum Gasteiger partial charge on any atom is 0.317 e. The molecule has 2 amide bonds. The fraction of sp³-hybridized carbons (Fsp3) is 0.875. The summed E-state index contributed by atoms with van der Waals surface area (Å²) in [5.41, 5.74) is 0. The normalized spacial score (nSPS) is 23.4. The Morgan fingerprint density at radius 3 is 2.62 bits per heavy atom. The lowest BCUT2D eigenvalue weighted by atomic mass is 9.86. The predicted molar refractivity (Wildman–Crippen MR) is 83.3 cm³/mol. The van der Waals surface area contributed by atoms with Crippen LogP contribution in [0.5, 0.6) is 0 Å². The molecule has 0 aromatic rings. The smallest absolute Gasteiger partial charge is 0.317 e. The number of hydrogen-bond acceptors (Lipinski definition) is 2. The third-order valence-electron chi connectivity index (χ3n) is 4.49. The van der Waals surface area contributed by atoms with Crippen molar-refractivity contribution < 1.29 is 14.7 Å². The fourth-order valence-electron chi connectivity index (χ4n) is 2.87. The van der Waals surface area contributed by atoms with Crippen LogP contribution in [0.15, 0.2) is 0 Å². The van der Waals surface area contributed by atoms with Gasteiger partial charge in [0.2, 0.25) is 0 Å². The van der Waals surface area contributed by atoms with Crippen LogP contribution in [0.1, 0.15) is 65.7 Å². The highest BCUT2D eigenvalue weighted by Crippen LogP contribution is 2.24.